The van der Waals surface area contributed by atoms with E-state index in [-0.39, 0.29) is 0 Å². The summed E-state index contributed by atoms with van der Waals surface area (Å²) in [5, 5.41) is 13.9. The summed E-state index contributed by atoms with van der Waals surface area (Å²) in [4.78, 5) is 0. The van der Waals surface area contributed by atoms with Crippen molar-refractivity contribution in [3.05, 3.63) is 139 Å². The predicted octanol–water partition coefficient (Wildman–Crippen LogP) is 12.3. The van der Waals surface area contributed by atoms with Crippen LogP contribution in [0.2, 0.25) is 0 Å². The summed E-state index contributed by atoms with van der Waals surface area (Å²) in [6.45, 7) is 0. The molecule has 3 heterocycles. The Morgan fingerprint density at radius 3 is 2.16 bits per heavy atom. The lowest BCUT2D eigenvalue weighted by molar-refractivity contribution is 1.18. The predicted molar refractivity (Wildman–Crippen MR) is 190 cm³/mol. The molecule has 0 spiro atoms. The van der Waals surface area contributed by atoms with Gasteiger partial charge < -0.3 is 4.57 Å². The molecule has 0 aliphatic rings. The summed E-state index contributed by atoms with van der Waals surface area (Å²) in [7, 11) is 0. The molecule has 1 nitrogen and oxygen atoms in total. The second kappa shape index (κ2) is 8.78. The number of benzene rings is 7. The standard InChI is InChI=1S/C40H23NS2/c1-2-9-26(10-3-1)41-36-15-6-4-11-27(36)35-22-33-32(30-14-8-13-29-28-12-5-7-16-38(28)43-40(29)30)20-25-21-39-24(17-18-42-39)19-31(25)34(33)23-37(35)41/h1-23H. The Bertz CT molecular complexity index is 2720. The minimum atomic E-state index is 1.18. The first kappa shape index (κ1) is 23.6. The lowest BCUT2D eigenvalue weighted by Gasteiger charge is -2.14. The zero-order valence-corrected chi connectivity index (χ0v) is 24.7. The first-order chi connectivity index (χ1) is 21.3. The number of fused-ring (bicyclic) bond motifs is 10. The van der Waals surface area contributed by atoms with Gasteiger partial charge in [0.05, 0.1) is 11.0 Å². The maximum atomic E-state index is 2.46. The second-order valence-electron chi connectivity index (χ2n) is 11.3. The third kappa shape index (κ3) is 3.32. The Hall–Kier alpha value is -4.96. The molecular formula is C40H23NS2. The number of nitrogens with zero attached hydrogens (tertiary/aromatic N) is 1. The third-order valence-corrected chi connectivity index (χ3v) is 11.1. The fourth-order valence-electron chi connectivity index (χ4n) is 7.11. The summed E-state index contributed by atoms with van der Waals surface area (Å²) in [6, 6.07) is 49.6. The molecule has 200 valence electrons. The molecule has 7 aromatic carbocycles. The molecule has 3 aromatic heterocycles. The Balaban J connectivity index is 1.42. The van der Waals surface area contributed by atoms with Gasteiger partial charge in [-0.3, -0.25) is 0 Å². The van der Waals surface area contributed by atoms with Crippen molar-refractivity contribution >= 4 is 96.3 Å². The summed E-state index contributed by atoms with van der Waals surface area (Å²) < 4.78 is 6.45. The van der Waals surface area contributed by atoms with E-state index >= 15 is 0 Å². The van der Waals surface area contributed by atoms with Crippen molar-refractivity contribution in [2.45, 2.75) is 0 Å². The number of rotatable bonds is 2. The highest BCUT2D eigenvalue weighted by atomic mass is 32.1. The highest BCUT2D eigenvalue weighted by molar-refractivity contribution is 7.26. The monoisotopic (exact) mass is 581 g/mol. The third-order valence-electron chi connectivity index (χ3n) is 9.03. The largest absolute Gasteiger partial charge is 0.309 e. The summed E-state index contributed by atoms with van der Waals surface area (Å²) in [5.74, 6) is 0. The van der Waals surface area contributed by atoms with Gasteiger partial charge in [0.2, 0.25) is 0 Å². The Morgan fingerprint density at radius 2 is 1.23 bits per heavy atom. The zero-order valence-electron chi connectivity index (χ0n) is 23.0. The van der Waals surface area contributed by atoms with Gasteiger partial charge in [0.15, 0.2) is 0 Å². The molecule has 0 atom stereocenters. The molecule has 10 aromatic rings. The van der Waals surface area contributed by atoms with Gasteiger partial charge in [0.1, 0.15) is 0 Å². The molecule has 3 heteroatoms. The average Bonchev–Trinajstić information content (AvgIpc) is 3.76. The van der Waals surface area contributed by atoms with Crippen molar-refractivity contribution in [3.63, 3.8) is 0 Å². The molecule has 0 fully saturated rings. The molecule has 0 aliphatic carbocycles. The molecule has 0 N–H and O–H groups in total. The van der Waals surface area contributed by atoms with Crippen LogP contribution in [-0.4, -0.2) is 4.57 Å². The van der Waals surface area contributed by atoms with E-state index in [1.807, 2.05) is 22.7 Å². The Morgan fingerprint density at radius 1 is 0.419 bits per heavy atom. The van der Waals surface area contributed by atoms with Crippen molar-refractivity contribution in [3.8, 4) is 16.8 Å². The zero-order chi connectivity index (χ0) is 28.1. The molecule has 0 radical (unpaired) electrons. The lowest BCUT2D eigenvalue weighted by Crippen LogP contribution is -1.93. The van der Waals surface area contributed by atoms with E-state index < -0.39 is 0 Å². The first-order valence-electron chi connectivity index (χ1n) is 14.6. The van der Waals surface area contributed by atoms with Crippen LogP contribution in [0, 0.1) is 0 Å². The van der Waals surface area contributed by atoms with Crippen LogP contribution in [-0.2, 0) is 0 Å². The Kier molecular flexibility index (Phi) is 4.81. The van der Waals surface area contributed by atoms with Gasteiger partial charge in [-0.05, 0) is 98.5 Å². The molecule has 43 heavy (non-hydrogen) atoms. The van der Waals surface area contributed by atoms with Gasteiger partial charge in [-0.2, -0.15) is 0 Å². The SMILES string of the molecule is c1ccc(-n2c3ccccc3c3cc4c(-c5cccc6c5sc5ccccc56)cc5cc6sccc6cc5c4cc32)cc1. The van der Waals surface area contributed by atoms with Gasteiger partial charge in [-0.25, -0.2) is 0 Å². The number of aromatic nitrogens is 1. The van der Waals surface area contributed by atoms with Gasteiger partial charge in [0, 0.05) is 46.9 Å². The van der Waals surface area contributed by atoms with Crippen LogP contribution >= 0.6 is 22.7 Å². The van der Waals surface area contributed by atoms with E-state index in [1.165, 1.54) is 90.4 Å². The second-order valence-corrected chi connectivity index (χ2v) is 13.3. The van der Waals surface area contributed by atoms with Gasteiger partial charge in [-0.15, -0.1) is 22.7 Å². The molecule has 0 bridgehead atoms. The molecule has 0 saturated heterocycles. The van der Waals surface area contributed by atoms with Crippen LogP contribution in [0.5, 0.6) is 0 Å². The maximum Gasteiger partial charge on any atom is 0.0547 e. The summed E-state index contributed by atoms with van der Waals surface area (Å²) in [6.07, 6.45) is 0. The van der Waals surface area contributed by atoms with Gasteiger partial charge in [0.25, 0.3) is 0 Å². The molecule has 0 saturated carbocycles. The van der Waals surface area contributed by atoms with Crippen molar-refractivity contribution in [2.24, 2.45) is 0 Å². The van der Waals surface area contributed by atoms with Crippen LogP contribution in [0.25, 0.3) is 90.4 Å². The van der Waals surface area contributed by atoms with Crippen LogP contribution in [0.4, 0.5) is 0 Å². The first-order valence-corrected chi connectivity index (χ1v) is 16.3. The van der Waals surface area contributed by atoms with E-state index in [1.54, 1.807) is 0 Å². The lowest BCUT2D eigenvalue weighted by atomic mass is 9.91. The average molecular weight is 582 g/mol. The smallest absolute Gasteiger partial charge is 0.0547 e. The molecule has 0 unspecified atom stereocenters. The van der Waals surface area contributed by atoms with Gasteiger partial charge >= 0.3 is 0 Å². The fourth-order valence-corrected chi connectivity index (χ4v) is 9.16. The minimum absolute atomic E-state index is 1.18. The van der Waals surface area contributed by atoms with Crippen LogP contribution in [0.15, 0.2) is 139 Å². The molecular weight excluding hydrogens is 559 g/mol. The van der Waals surface area contributed by atoms with E-state index in [9.17, 15) is 0 Å². The number of hydrogen-bond donors (Lipinski definition) is 0. The maximum absolute atomic E-state index is 2.46. The van der Waals surface area contributed by atoms with E-state index in [2.05, 4.69) is 143 Å². The normalized spacial score (nSPS) is 12.2. The fraction of sp³-hybridized carbons (Fsp3) is 0. The highest BCUT2D eigenvalue weighted by Crippen LogP contribution is 2.46. The number of para-hydroxylation sites is 2. The minimum Gasteiger partial charge on any atom is -0.309 e. The number of thiophene rings is 2. The van der Waals surface area contributed by atoms with Crippen molar-refractivity contribution < 1.29 is 0 Å². The quantitative estimate of drug-likeness (QED) is 0.179. The highest BCUT2D eigenvalue weighted by Gasteiger charge is 2.19. The topological polar surface area (TPSA) is 4.93 Å². The van der Waals surface area contributed by atoms with Crippen LogP contribution < -0.4 is 0 Å². The molecule has 0 aliphatic heterocycles. The summed E-state index contributed by atoms with van der Waals surface area (Å²) in [5.41, 5.74) is 6.27. The van der Waals surface area contributed by atoms with E-state index in [4.69, 9.17) is 0 Å². The van der Waals surface area contributed by atoms with Crippen molar-refractivity contribution in [1.29, 1.82) is 0 Å². The number of hydrogen-bond acceptors (Lipinski definition) is 2. The summed E-state index contributed by atoms with van der Waals surface area (Å²) >= 11 is 3.72. The van der Waals surface area contributed by atoms with Crippen molar-refractivity contribution in [1.82, 2.24) is 4.57 Å². The Labute approximate surface area is 255 Å². The van der Waals surface area contributed by atoms with Crippen molar-refractivity contribution in [2.75, 3.05) is 0 Å². The van der Waals surface area contributed by atoms with Crippen LogP contribution in [0.3, 0.4) is 0 Å². The van der Waals surface area contributed by atoms with E-state index in [0.717, 1.165) is 0 Å². The molecule has 10 rings (SSSR count). The van der Waals surface area contributed by atoms with Gasteiger partial charge in [-0.1, -0.05) is 72.8 Å². The van der Waals surface area contributed by atoms with E-state index in [0.29, 0.717) is 0 Å². The van der Waals surface area contributed by atoms with Crippen LogP contribution in [0.1, 0.15) is 0 Å². The molecule has 0 amide bonds.